The van der Waals surface area contributed by atoms with E-state index < -0.39 is 0 Å². The Balaban J connectivity index is 2.28. The number of rotatable bonds is 6. The molecule has 0 N–H and O–H groups in total. The SMILES string of the molecule is CCN(CCCN(C)C)c1nc(Cl)nc2sc(C)cc12. The van der Waals surface area contributed by atoms with Crippen molar-refractivity contribution in [3.8, 4) is 0 Å². The normalized spacial score (nSPS) is 11.5. The molecule has 2 rings (SSSR count). The van der Waals surface area contributed by atoms with E-state index >= 15 is 0 Å². The summed E-state index contributed by atoms with van der Waals surface area (Å²) in [7, 11) is 4.19. The molecule has 0 atom stereocenters. The molecule has 0 aliphatic heterocycles. The average molecular weight is 313 g/mol. The van der Waals surface area contributed by atoms with Gasteiger partial charge in [0.05, 0.1) is 5.39 Å². The van der Waals surface area contributed by atoms with Crippen LogP contribution < -0.4 is 4.90 Å². The molecule has 0 aliphatic carbocycles. The Labute approximate surface area is 129 Å². The van der Waals surface area contributed by atoms with Crippen LogP contribution in [0.1, 0.15) is 18.2 Å². The molecule has 0 radical (unpaired) electrons. The standard InChI is InChI=1S/C14H21ClN4S/c1-5-19(8-6-7-18(3)4)12-11-9-10(2)20-13(11)17-14(15)16-12/h9H,5-8H2,1-4H3. The van der Waals surface area contributed by atoms with Crippen molar-refractivity contribution >= 4 is 39.0 Å². The molecule has 2 aromatic rings. The number of hydrogen-bond donors (Lipinski definition) is 0. The summed E-state index contributed by atoms with van der Waals surface area (Å²) in [4.78, 5) is 15.5. The Morgan fingerprint density at radius 2 is 2.00 bits per heavy atom. The van der Waals surface area contributed by atoms with E-state index in [1.165, 1.54) is 4.88 Å². The van der Waals surface area contributed by atoms with Gasteiger partial charge in [0.2, 0.25) is 5.28 Å². The Bertz CT molecular complexity index is 582. The lowest BCUT2D eigenvalue weighted by atomic mass is 10.3. The van der Waals surface area contributed by atoms with Crippen LogP contribution in [0.15, 0.2) is 6.07 Å². The molecular weight excluding hydrogens is 292 g/mol. The zero-order valence-electron chi connectivity index (χ0n) is 12.5. The maximum Gasteiger partial charge on any atom is 0.225 e. The van der Waals surface area contributed by atoms with Crippen molar-refractivity contribution < 1.29 is 0 Å². The number of aryl methyl sites for hydroxylation is 1. The van der Waals surface area contributed by atoms with Crippen LogP contribution in [0, 0.1) is 6.92 Å². The molecule has 0 amide bonds. The van der Waals surface area contributed by atoms with E-state index in [2.05, 4.69) is 53.8 Å². The number of thiophene rings is 1. The Morgan fingerprint density at radius 3 is 2.65 bits per heavy atom. The summed E-state index contributed by atoms with van der Waals surface area (Å²) >= 11 is 7.73. The van der Waals surface area contributed by atoms with E-state index in [9.17, 15) is 0 Å². The highest BCUT2D eigenvalue weighted by atomic mass is 35.5. The van der Waals surface area contributed by atoms with Crippen LogP contribution in [0.3, 0.4) is 0 Å². The smallest absolute Gasteiger partial charge is 0.225 e. The minimum Gasteiger partial charge on any atom is -0.356 e. The van der Waals surface area contributed by atoms with Gasteiger partial charge in [0, 0.05) is 18.0 Å². The summed E-state index contributed by atoms with van der Waals surface area (Å²) < 4.78 is 0. The van der Waals surface area contributed by atoms with Crippen molar-refractivity contribution in [2.24, 2.45) is 0 Å². The fourth-order valence-electron chi connectivity index (χ4n) is 2.23. The van der Waals surface area contributed by atoms with Crippen molar-refractivity contribution in [3.05, 3.63) is 16.2 Å². The molecule has 0 saturated carbocycles. The van der Waals surface area contributed by atoms with E-state index in [1.54, 1.807) is 11.3 Å². The molecule has 2 heterocycles. The van der Waals surface area contributed by atoms with E-state index in [4.69, 9.17) is 11.6 Å². The Morgan fingerprint density at radius 1 is 1.25 bits per heavy atom. The maximum atomic E-state index is 6.07. The van der Waals surface area contributed by atoms with Crippen molar-refractivity contribution in [1.29, 1.82) is 0 Å². The fourth-order valence-corrected chi connectivity index (χ4v) is 3.32. The van der Waals surface area contributed by atoms with Gasteiger partial charge in [-0.25, -0.2) is 4.98 Å². The second-order valence-corrected chi connectivity index (χ2v) is 6.70. The zero-order chi connectivity index (χ0) is 14.7. The molecular formula is C14H21ClN4S. The molecule has 0 unspecified atom stereocenters. The van der Waals surface area contributed by atoms with Crippen LogP contribution >= 0.6 is 22.9 Å². The first-order chi connectivity index (χ1) is 9.51. The molecule has 0 fully saturated rings. The maximum absolute atomic E-state index is 6.07. The van der Waals surface area contributed by atoms with Gasteiger partial charge in [0.25, 0.3) is 0 Å². The zero-order valence-corrected chi connectivity index (χ0v) is 14.1. The molecule has 0 saturated heterocycles. The van der Waals surface area contributed by atoms with Gasteiger partial charge in [-0.05, 0) is 58.6 Å². The second-order valence-electron chi connectivity index (χ2n) is 5.13. The van der Waals surface area contributed by atoms with Gasteiger partial charge in [0.15, 0.2) is 0 Å². The Kier molecular flexibility index (Phi) is 5.18. The molecule has 20 heavy (non-hydrogen) atoms. The second kappa shape index (κ2) is 6.70. The number of anilines is 1. The summed E-state index contributed by atoms with van der Waals surface area (Å²) in [5.74, 6) is 0.964. The van der Waals surface area contributed by atoms with Crippen molar-refractivity contribution in [2.45, 2.75) is 20.3 Å². The van der Waals surface area contributed by atoms with Gasteiger partial charge in [-0.2, -0.15) is 4.98 Å². The highest BCUT2D eigenvalue weighted by Crippen LogP contribution is 2.31. The highest BCUT2D eigenvalue weighted by Gasteiger charge is 2.14. The van der Waals surface area contributed by atoms with Crippen molar-refractivity contribution in [2.75, 3.05) is 38.6 Å². The summed E-state index contributed by atoms with van der Waals surface area (Å²) in [6.45, 7) is 7.21. The lowest BCUT2D eigenvalue weighted by molar-refractivity contribution is 0.400. The van der Waals surface area contributed by atoms with E-state index in [0.29, 0.717) is 5.28 Å². The predicted molar refractivity (Wildman–Crippen MR) is 88.2 cm³/mol. The van der Waals surface area contributed by atoms with Crippen molar-refractivity contribution in [3.63, 3.8) is 0 Å². The number of aromatic nitrogens is 2. The fraction of sp³-hybridized carbons (Fsp3) is 0.571. The van der Waals surface area contributed by atoms with Crippen LogP contribution in [-0.2, 0) is 0 Å². The molecule has 110 valence electrons. The topological polar surface area (TPSA) is 32.3 Å². The van der Waals surface area contributed by atoms with Crippen LogP contribution in [0.2, 0.25) is 5.28 Å². The first kappa shape index (κ1) is 15.5. The highest BCUT2D eigenvalue weighted by molar-refractivity contribution is 7.18. The van der Waals surface area contributed by atoms with Crippen LogP contribution in [0.4, 0.5) is 5.82 Å². The van der Waals surface area contributed by atoms with E-state index in [0.717, 1.165) is 42.1 Å². The molecule has 0 aromatic carbocycles. The van der Waals surface area contributed by atoms with Crippen LogP contribution in [-0.4, -0.2) is 48.6 Å². The minimum atomic E-state index is 0.334. The summed E-state index contributed by atoms with van der Waals surface area (Å²) in [6.07, 6.45) is 1.10. The predicted octanol–water partition coefficient (Wildman–Crippen LogP) is 3.43. The quantitative estimate of drug-likeness (QED) is 0.765. The number of halogens is 1. The third kappa shape index (κ3) is 3.59. The first-order valence-corrected chi connectivity index (χ1v) is 8.04. The van der Waals surface area contributed by atoms with Gasteiger partial charge in [0.1, 0.15) is 10.6 Å². The van der Waals surface area contributed by atoms with Gasteiger partial charge in [-0.3, -0.25) is 0 Å². The molecule has 0 aliphatic rings. The number of hydrogen-bond acceptors (Lipinski definition) is 5. The van der Waals surface area contributed by atoms with Crippen molar-refractivity contribution in [1.82, 2.24) is 14.9 Å². The van der Waals surface area contributed by atoms with Gasteiger partial charge >= 0.3 is 0 Å². The molecule has 0 bridgehead atoms. The van der Waals surface area contributed by atoms with Crippen LogP contribution in [0.25, 0.3) is 10.2 Å². The molecule has 2 aromatic heterocycles. The third-order valence-corrected chi connectivity index (χ3v) is 4.30. The number of nitrogens with zero attached hydrogens (tertiary/aromatic N) is 4. The summed E-state index contributed by atoms with van der Waals surface area (Å²) in [6, 6.07) is 2.15. The molecule has 4 nitrogen and oxygen atoms in total. The van der Waals surface area contributed by atoms with Gasteiger partial charge in [-0.1, -0.05) is 0 Å². The molecule has 0 spiro atoms. The van der Waals surface area contributed by atoms with E-state index in [1.807, 2.05) is 0 Å². The van der Waals surface area contributed by atoms with Gasteiger partial charge < -0.3 is 9.80 Å². The number of fused-ring (bicyclic) bond motifs is 1. The lowest BCUT2D eigenvalue weighted by Crippen LogP contribution is -2.28. The monoisotopic (exact) mass is 312 g/mol. The minimum absolute atomic E-state index is 0.334. The van der Waals surface area contributed by atoms with Crippen LogP contribution in [0.5, 0.6) is 0 Å². The lowest BCUT2D eigenvalue weighted by Gasteiger charge is -2.23. The largest absolute Gasteiger partial charge is 0.356 e. The summed E-state index contributed by atoms with van der Waals surface area (Å²) in [5, 5.41) is 1.45. The van der Waals surface area contributed by atoms with E-state index in [-0.39, 0.29) is 0 Å². The Hall–Kier alpha value is -0.910. The third-order valence-electron chi connectivity index (χ3n) is 3.18. The first-order valence-electron chi connectivity index (χ1n) is 6.84. The van der Waals surface area contributed by atoms with Gasteiger partial charge in [-0.15, -0.1) is 11.3 Å². The summed E-state index contributed by atoms with van der Waals surface area (Å²) in [5.41, 5.74) is 0. The average Bonchev–Trinajstić information content (AvgIpc) is 2.73. The molecule has 6 heteroatoms.